The normalized spacial score (nSPS) is 10.6. The van der Waals surface area contributed by atoms with E-state index in [2.05, 4.69) is 4.98 Å². The second-order valence-corrected chi connectivity index (χ2v) is 5.69. The molecule has 0 unspecified atom stereocenters. The van der Waals surface area contributed by atoms with E-state index in [1.807, 2.05) is 0 Å². The van der Waals surface area contributed by atoms with E-state index in [1.54, 1.807) is 25.1 Å². The number of pyridine rings is 1. The molecule has 0 atom stereocenters. The number of aromatic nitrogens is 1. The highest BCUT2D eigenvalue weighted by Gasteiger charge is 2.14. The number of sulfone groups is 1. The fourth-order valence-corrected chi connectivity index (χ4v) is 2.46. The molecule has 0 amide bonds. The first-order valence-corrected chi connectivity index (χ1v) is 6.56. The van der Waals surface area contributed by atoms with Gasteiger partial charge in [-0.05, 0) is 19.1 Å². The van der Waals surface area contributed by atoms with Crippen LogP contribution in [0.1, 0.15) is 17.8 Å². The van der Waals surface area contributed by atoms with E-state index in [9.17, 15) is 13.2 Å². The third-order valence-electron chi connectivity index (χ3n) is 1.94. The molecular weight excluding hydrogens is 266 g/mol. The first-order chi connectivity index (χ1) is 7.39. The number of aryl methyl sites for hydroxylation is 1. The van der Waals surface area contributed by atoms with Gasteiger partial charge in [-0.15, -0.1) is 12.4 Å². The maximum Gasteiger partial charge on any atom is 0.304 e. The Morgan fingerprint density at radius 2 is 2.06 bits per heavy atom. The van der Waals surface area contributed by atoms with Crippen molar-refractivity contribution in [3.8, 4) is 0 Å². The van der Waals surface area contributed by atoms with Crippen molar-refractivity contribution >= 4 is 28.2 Å². The van der Waals surface area contributed by atoms with Gasteiger partial charge in [0.15, 0.2) is 9.84 Å². The third kappa shape index (κ3) is 6.23. The molecule has 1 aromatic rings. The molecule has 0 radical (unpaired) electrons. The van der Waals surface area contributed by atoms with Gasteiger partial charge in [0.25, 0.3) is 0 Å². The Labute approximate surface area is 106 Å². The highest BCUT2D eigenvalue weighted by molar-refractivity contribution is 7.90. The molecule has 0 aliphatic carbocycles. The number of hydrogen-bond donors (Lipinski definition) is 1. The average molecular weight is 280 g/mol. The minimum Gasteiger partial charge on any atom is -0.481 e. The van der Waals surface area contributed by atoms with Crippen LogP contribution in [0.3, 0.4) is 0 Å². The molecule has 0 aliphatic heterocycles. The topological polar surface area (TPSA) is 84.3 Å². The number of aliphatic carboxylic acids is 1. The Bertz CT molecular complexity index is 487. The van der Waals surface area contributed by atoms with Crippen LogP contribution in [0.5, 0.6) is 0 Å². The number of halogens is 1. The molecule has 0 spiro atoms. The van der Waals surface area contributed by atoms with Crippen molar-refractivity contribution in [1.29, 1.82) is 0 Å². The lowest BCUT2D eigenvalue weighted by atomic mass is 10.3. The van der Waals surface area contributed by atoms with Gasteiger partial charge in [-0.25, -0.2) is 8.42 Å². The smallest absolute Gasteiger partial charge is 0.304 e. The number of carboxylic acid groups (broad SMARTS) is 1. The van der Waals surface area contributed by atoms with E-state index in [4.69, 9.17) is 5.11 Å². The zero-order valence-electron chi connectivity index (χ0n) is 9.29. The maximum atomic E-state index is 11.5. The molecule has 96 valence electrons. The summed E-state index contributed by atoms with van der Waals surface area (Å²) in [6.45, 7) is 1.77. The van der Waals surface area contributed by atoms with Crippen molar-refractivity contribution in [2.75, 3.05) is 5.75 Å². The van der Waals surface area contributed by atoms with Crippen molar-refractivity contribution in [3.05, 3.63) is 29.6 Å². The van der Waals surface area contributed by atoms with Crippen LogP contribution in [0.2, 0.25) is 0 Å². The molecule has 0 saturated carbocycles. The quantitative estimate of drug-likeness (QED) is 0.875. The van der Waals surface area contributed by atoms with E-state index >= 15 is 0 Å². The van der Waals surface area contributed by atoms with Crippen molar-refractivity contribution in [1.82, 2.24) is 4.98 Å². The van der Waals surface area contributed by atoms with E-state index in [-0.39, 0.29) is 30.3 Å². The average Bonchev–Trinajstić information content (AvgIpc) is 2.14. The van der Waals surface area contributed by atoms with E-state index in [0.29, 0.717) is 5.69 Å². The Balaban J connectivity index is 0.00000256. The van der Waals surface area contributed by atoms with Crippen molar-refractivity contribution in [2.45, 2.75) is 19.1 Å². The van der Waals surface area contributed by atoms with Crippen LogP contribution < -0.4 is 0 Å². The number of carbonyl (C=O) groups is 1. The van der Waals surface area contributed by atoms with Gasteiger partial charge in [-0.2, -0.15) is 0 Å². The second-order valence-electron chi connectivity index (χ2n) is 3.51. The summed E-state index contributed by atoms with van der Waals surface area (Å²) in [5, 5.41) is 8.41. The highest BCUT2D eigenvalue weighted by atomic mass is 35.5. The van der Waals surface area contributed by atoms with Gasteiger partial charge in [-0.1, -0.05) is 6.07 Å². The monoisotopic (exact) mass is 279 g/mol. The third-order valence-corrected chi connectivity index (χ3v) is 3.50. The Hall–Kier alpha value is -1.14. The summed E-state index contributed by atoms with van der Waals surface area (Å²) in [7, 11) is -3.39. The van der Waals surface area contributed by atoms with Crippen molar-refractivity contribution in [2.24, 2.45) is 0 Å². The van der Waals surface area contributed by atoms with Gasteiger partial charge in [0.05, 0.1) is 23.6 Å². The minimum absolute atomic E-state index is 0. The molecule has 0 aliphatic rings. The van der Waals surface area contributed by atoms with Crippen LogP contribution in [0.4, 0.5) is 0 Å². The number of rotatable bonds is 5. The lowest BCUT2D eigenvalue weighted by Crippen LogP contribution is -2.13. The summed E-state index contributed by atoms with van der Waals surface area (Å²) in [5.41, 5.74) is 1.19. The molecule has 1 heterocycles. The summed E-state index contributed by atoms with van der Waals surface area (Å²) in [6, 6.07) is 5.11. The van der Waals surface area contributed by atoms with Gasteiger partial charge in [0.1, 0.15) is 0 Å². The van der Waals surface area contributed by atoms with Gasteiger partial charge >= 0.3 is 5.97 Å². The van der Waals surface area contributed by atoms with Crippen LogP contribution >= 0.6 is 12.4 Å². The summed E-state index contributed by atoms with van der Waals surface area (Å²) in [5.74, 6) is -1.67. The molecule has 0 bridgehead atoms. The molecule has 0 fully saturated rings. The summed E-state index contributed by atoms with van der Waals surface area (Å²) >= 11 is 0. The van der Waals surface area contributed by atoms with Crippen molar-refractivity contribution < 1.29 is 18.3 Å². The molecule has 0 saturated heterocycles. The predicted molar refractivity (Wildman–Crippen MR) is 66.0 cm³/mol. The number of hydrogen-bond acceptors (Lipinski definition) is 4. The van der Waals surface area contributed by atoms with Crippen LogP contribution in [-0.4, -0.2) is 30.2 Å². The molecular formula is C10H14ClNO4S. The van der Waals surface area contributed by atoms with Crippen LogP contribution in [0, 0.1) is 6.92 Å². The molecule has 1 rings (SSSR count). The second kappa shape index (κ2) is 6.56. The fourth-order valence-electron chi connectivity index (χ4n) is 1.22. The van der Waals surface area contributed by atoms with Crippen LogP contribution in [0.15, 0.2) is 18.2 Å². The Morgan fingerprint density at radius 3 is 2.59 bits per heavy atom. The number of nitrogens with zero attached hydrogens (tertiary/aromatic N) is 1. The summed E-state index contributed by atoms with van der Waals surface area (Å²) < 4.78 is 23.0. The minimum atomic E-state index is -3.39. The standard InChI is InChI=1S/C10H13NO4S.ClH/c1-8-3-2-4-9(11-8)7-16(14,15)6-5-10(12)13;/h2-4H,5-7H2,1H3,(H,12,13);1H. The fraction of sp³-hybridized carbons (Fsp3) is 0.400. The van der Waals surface area contributed by atoms with E-state index in [0.717, 1.165) is 5.69 Å². The largest absolute Gasteiger partial charge is 0.481 e. The first kappa shape index (κ1) is 15.9. The SMILES string of the molecule is Cc1cccc(CS(=O)(=O)CCC(=O)O)n1.Cl. The van der Waals surface area contributed by atoms with Crippen molar-refractivity contribution in [3.63, 3.8) is 0 Å². The number of carboxylic acids is 1. The Morgan fingerprint density at radius 1 is 1.41 bits per heavy atom. The Kier molecular flexibility index (Phi) is 6.12. The lowest BCUT2D eigenvalue weighted by molar-refractivity contribution is -0.136. The first-order valence-electron chi connectivity index (χ1n) is 4.74. The molecule has 1 aromatic heterocycles. The van der Waals surface area contributed by atoms with Crippen LogP contribution in [0.25, 0.3) is 0 Å². The zero-order chi connectivity index (χ0) is 12.2. The highest BCUT2D eigenvalue weighted by Crippen LogP contribution is 2.06. The summed E-state index contributed by atoms with van der Waals surface area (Å²) in [4.78, 5) is 14.3. The van der Waals surface area contributed by atoms with Gasteiger partial charge in [0, 0.05) is 5.69 Å². The predicted octanol–water partition coefficient (Wildman–Crippen LogP) is 1.20. The summed E-state index contributed by atoms with van der Waals surface area (Å²) in [6.07, 6.45) is -0.367. The maximum absolute atomic E-state index is 11.5. The molecule has 0 aromatic carbocycles. The van der Waals surface area contributed by atoms with Gasteiger partial charge in [0.2, 0.25) is 0 Å². The molecule has 1 N–H and O–H groups in total. The molecule has 7 heteroatoms. The van der Waals surface area contributed by atoms with E-state index in [1.165, 1.54) is 0 Å². The van der Waals surface area contributed by atoms with Gasteiger partial charge in [-0.3, -0.25) is 9.78 Å². The molecule has 17 heavy (non-hydrogen) atoms. The van der Waals surface area contributed by atoms with Crippen LogP contribution in [-0.2, 0) is 20.4 Å². The zero-order valence-corrected chi connectivity index (χ0v) is 10.9. The lowest BCUT2D eigenvalue weighted by Gasteiger charge is -2.03. The van der Waals surface area contributed by atoms with E-state index < -0.39 is 15.8 Å². The van der Waals surface area contributed by atoms with Gasteiger partial charge < -0.3 is 5.11 Å². The molecule has 5 nitrogen and oxygen atoms in total.